The number of thioether (sulfide) groups is 1. The molecule has 17 heavy (non-hydrogen) atoms. The molecule has 1 aliphatic carbocycles. The lowest BCUT2D eigenvalue weighted by molar-refractivity contribution is -0.152. The zero-order valence-electron chi connectivity index (χ0n) is 8.55. The maximum atomic E-state index is 12.3. The van der Waals surface area contributed by atoms with Crippen molar-refractivity contribution in [3.8, 4) is 6.07 Å². The first-order chi connectivity index (χ1) is 8.02. The molecule has 0 spiro atoms. The van der Waals surface area contributed by atoms with Gasteiger partial charge in [-0.2, -0.15) is 18.4 Å². The number of hydrogen-bond donors (Lipinski definition) is 0. The van der Waals surface area contributed by atoms with Crippen molar-refractivity contribution in [1.82, 2.24) is 20.2 Å². The minimum Gasteiger partial charge on any atom is -0.217 e. The predicted molar refractivity (Wildman–Crippen MR) is 52.0 cm³/mol. The SMILES string of the molecule is N#CC(CSc1nnnn1C1CC1)C(F)(F)F. The summed E-state index contributed by atoms with van der Waals surface area (Å²) < 4.78 is 38.5. The molecule has 0 N–H and O–H groups in total. The third-order valence-electron chi connectivity index (χ3n) is 2.29. The van der Waals surface area contributed by atoms with E-state index in [0.29, 0.717) is 5.16 Å². The smallest absolute Gasteiger partial charge is 0.217 e. The van der Waals surface area contributed by atoms with Crippen LogP contribution in [0.2, 0.25) is 0 Å². The van der Waals surface area contributed by atoms with Gasteiger partial charge in [-0.3, -0.25) is 0 Å². The highest BCUT2D eigenvalue weighted by Crippen LogP contribution is 2.37. The van der Waals surface area contributed by atoms with Gasteiger partial charge in [-0.1, -0.05) is 11.8 Å². The second kappa shape index (κ2) is 4.52. The van der Waals surface area contributed by atoms with Gasteiger partial charge in [0, 0.05) is 5.75 Å². The number of rotatable bonds is 4. The van der Waals surface area contributed by atoms with E-state index in [2.05, 4.69) is 15.5 Å². The lowest BCUT2D eigenvalue weighted by atomic mass is 10.2. The Morgan fingerprint density at radius 3 is 2.76 bits per heavy atom. The monoisotopic (exact) mass is 263 g/mol. The van der Waals surface area contributed by atoms with E-state index in [9.17, 15) is 13.2 Å². The highest BCUT2D eigenvalue weighted by atomic mass is 32.2. The molecule has 1 aliphatic rings. The van der Waals surface area contributed by atoms with Gasteiger partial charge >= 0.3 is 6.18 Å². The van der Waals surface area contributed by atoms with Crippen LogP contribution >= 0.6 is 11.8 Å². The molecular formula is C8H8F3N5S. The second-order valence-corrected chi connectivity index (χ2v) is 4.66. The maximum Gasteiger partial charge on any atom is 0.405 e. The Balaban J connectivity index is 1.97. The van der Waals surface area contributed by atoms with Gasteiger partial charge in [0.05, 0.1) is 12.1 Å². The summed E-state index contributed by atoms with van der Waals surface area (Å²) in [6.45, 7) is 0. The molecule has 0 radical (unpaired) electrons. The number of nitrogens with zero attached hydrogens (tertiary/aromatic N) is 5. The van der Waals surface area contributed by atoms with E-state index in [1.54, 1.807) is 0 Å². The fourth-order valence-corrected chi connectivity index (χ4v) is 2.18. The van der Waals surface area contributed by atoms with Crippen LogP contribution in [0.25, 0.3) is 0 Å². The zero-order chi connectivity index (χ0) is 12.5. The number of halogens is 3. The first-order valence-electron chi connectivity index (χ1n) is 4.89. The van der Waals surface area contributed by atoms with Gasteiger partial charge in [0.15, 0.2) is 5.92 Å². The summed E-state index contributed by atoms with van der Waals surface area (Å²) in [5, 5.41) is 19.6. The van der Waals surface area contributed by atoms with Crippen LogP contribution < -0.4 is 0 Å². The van der Waals surface area contributed by atoms with Crippen LogP contribution in [0.4, 0.5) is 13.2 Å². The molecule has 0 aliphatic heterocycles. The minimum absolute atomic E-state index is 0.207. The summed E-state index contributed by atoms with van der Waals surface area (Å²) in [5.41, 5.74) is 0. The molecule has 1 unspecified atom stereocenters. The molecule has 2 rings (SSSR count). The van der Waals surface area contributed by atoms with E-state index in [1.807, 2.05) is 0 Å². The molecule has 0 bridgehead atoms. The average Bonchev–Trinajstić information content (AvgIpc) is 2.98. The number of alkyl halides is 3. The summed E-state index contributed by atoms with van der Waals surface area (Å²) in [5.74, 6) is -2.37. The third-order valence-corrected chi connectivity index (χ3v) is 3.31. The van der Waals surface area contributed by atoms with Crippen molar-refractivity contribution in [1.29, 1.82) is 5.26 Å². The average molecular weight is 263 g/mol. The van der Waals surface area contributed by atoms with Crippen LogP contribution in [-0.4, -0.2) is 32.1 Å². The summed E-state index contributed by atoms with van der Waals surface area (Å²) >= 11 is 0.866. The number of hydrogen-bond acceptors (Lipinski definition) is 5. The van der Waals surface area contributed by atoms with Crippen molar-refractivity contribution in [2.45, 2.75) is 30.2 Å². The first kappa shape index (κ1) is 12.2. The highest BCUT2D eigenvalue weighted by Gasteiger charge is 2.40. The molecule has 0 amide bonds. The van der Waals surface area contributed by atoms with Crippen molar-refractivity contribution in [3.05, 3.63) is 0 Å². The highest BCUT2D eigenvalue weighted by molar-refractivity contribution is 7.99. The molecule has 0 aromatic carbocycles. The standard InChI is InChI=1S/C8H8F3N5S/c9-8(10,11)5(3-12)4-17-7-13-14-15-16(7)6-1-2-6/h5-6H,1-2,4H2. The van der Waals surface area contributed by atoms with Crippen LogP contribution in [0.1, 0.15) is 18.9 Å². The second-order valence-electron chi connectivity index (χ2n) is 3.67. The number of aromatic nitrogens is 4. The van der Waals surface area contributed by atoms with E-state index in [-0.39, 0.29) is 11.8 Å². The van der Waals surface area contributed by atoms with E-state index < -0.39 is 12.1 Å². The Morgan fingerprint density at radius 1 is 1.53 bits per heavy atom. The lowest BCUT2D eigenvalue weighted by Crippen LogP contribution is -2.23. The Bertz CT molecular complexity index is 433. The molecule has 1 heterocycles. The zero-order valence-corrected chi connectivity index (χ0v) is 9.37. The first-order valence-corrected chi connectivity index (χ1v) is 5.88. The Kier molecular flexibility index (Phi) is 3.24. The minimum atomic E-state index is -4.50. The molecule has 1 saturated carbocycles. The molecular weight excluding hydrogens is 255 g/mol. The van der Waals surface area contributed by atoms with E-state index in [0.717, 1.165) is 24.6 Å². The Hall–Kier alpha value is -1.30. The van der Waals surface area contributed by atoms with Crippen molar-refractivity contribution in [3.63, 3.8) is 0 Å². The van der Waals surface area contributed by atoms with Crippen LogP contribution in [0.15, 0.2) is 5.16 Å². The van der Waals surface area contributed by atoms with Gasteiger partial charge in [-0.15, -0.1) is 5.10 Å². The van der Waals surface area contributed by atoms with E-state index in [4.69, 9.17) is 5.26 Å². The lowest BCUT2D eigenvalue weighted by Gasteiger charge is -2.11. The molecule has 1 atom stereocenters. The van der Waals surface area contributed by atoms with Gasteiger partial charge in [0.2, 0.25) is 5.16 Å². The van der Waals surface area contributed by atoms with Crippen LogP contribution in [0.5, 0.6) is 0 Å². The fraction of sp³-hybridized carbons (Fsp3) is 0.750. The molecule has 1 aromatic heterocycles. The molecule has 9 heteroatoms. The van der Waals surface area contributed by atoms with Gasteiger partial charge in [0.25, 0.3) is 0 Å². The van der Waals surface area contributed by atoms with Crippen molar-refractivity contribution in [2.24, 2.45) is 5.92 Å². The quantitative estimate of drug-likeness (QED) is 0.775. The predicted octanol–water partition coefficient (Wildman–Crippen LogP) is 1.80. The van der Waals surface area contributed by atoms with Crippen molar-refractivity contribution in [2.75, 3.05) is 5.75 Å². The Labute approximate surface area is 99.0 Å². The molecule has 0 saturated heterocycles. The van der Waals surface area contributed by atoms with E-state index >= 15 is 0 Å². The molecule has 1 aromatic rings. The summed E-state index contributed by atoms with van der Waals surface area (Å²) in [7, 11) is 0. The van der Waals surface area contributed by atoms with Crippen LogP contribution in [-0.2, 0) is 0 Å². The van der Waals surface area contributed by atoms with Gasteiger partial charge in [-0.05, 0) is 23.3 Å². The van der Waals surface area contributed by atoms with Crippen LogP contribution in [0, 0.1) is 17.2 Å². The van der Waals surface area contributed by atoms with Crippen LogP contribution in [0.3, 0.4) is 0 Å². The normalized spacial score (nSPS) is 17.8. The maximum absolute atomic E-state index is 12.3. The molecule has 92 valence electrons. The Morgan fingerprint density at radius 2 is 2.24 bits per heavy atom. The van der Waals surface area contributed by atoms with Gasteiger partial charge in [0.1, 0.15) is 0 Å². The third kappa shape index (κ3) is 2.88. The largest absolute Gasteiger partial charge is 0.405 e. The molecule has 5 nitrogen and oxygen atoms in total. The fourth-order valence-electron chi connectivity index (χ4n) is 1.19. The van der Waals surface area contributed by atoms with Gasteiger partial charge in [-0.25, -0.2) is 4.68 Å². The van der Waals surface area contributed by atoms with Crippen molar-refractivity contribution >= 4 is 11.8 Å². The van der Waals surface area contributed by atoms with Crippen molar-refractivity contribution < 1.29 is 13.2 Å². The topological polar surface area (TPSA) is 67.4 Å². The molecule has 1 fully saturated rings. The summed E-state index contributed by atoms with van der Waals surface area (Å²) in [6, 6.07) is 1.45. The summed E-state index contributed by atoms with van der Waals surface area (Å²) in [6.07, 6.45) is -2.61. The van der Waals surface area contributed by atoms with E-state index in [1.165, 1.54) is 10.8 Å². The number of tetrazole rings is 1. The summed E-state index contributed by atoms with van der Waals surface area (Å²) in [4.78, 5) is 0. The number of nitriles is 1. The van der Waals surface area contributed by atoms with Gasteiger partial charge < -0.3 is 0 Å².